The molecule has 0 bridgehead atoms. The number of nitrogens with zero attached hydrogens (tertiary/aromatic N) is 3. The highest BCUT2D eigenvalue weighted by atomic mass is 35.5. The van der Waals surface area contributed by atoms with Gasteiger partial charge in [0.1, 0.15) is 18.0 Å². The molecule has 0 aliphatic rings. The number of halogens is 2. The topological polar surface area (TPSA) is 42.7 Å². The van der Waals surface area contributed by atoms with Crippen molar-refractivity contribution in [2.45, 2.75) is 13.0 Å². The van der Waals surface area contributed by atoms with Crippen molar-refractivity contribution in [2.75, 3.05) is 6.54 Å². The Hall–Kier alpha value is -1.46. The lowest BCUT2D eigenvalue weighted by molar-refractivity contribution is 0.584. The molecule has 4 nitrogen and oxygen atoms in total. The van der Waals surface area contributed by atoms with Crippen LogP contribution < -0.4 is 5.32 Å². The van der Waals surface area contributed by atoms with Crippen LogP contribution in [0.2, 0.25) is 5.02 Å². The van der Waals surface area contributed by atoms with Crippen molar-refractivity contribution in [3.8, 4) is 0 Å². The van der Waals surface area contributed by atoms with Gasteiger partial charge in [-0.2, -0.15) is 0 Å². The fourth-order valence-electron chi connectivity index (χ4n) is 1.65. The van der Waals surface area contributed by atoms with Gasteiger partial charge < -0.3 is 9.88 Å². The Morgan fingerprint density at radius 1 is 1.44 bits per heavy atom. The van der Waals surface area contributed by atoms with Gasteiger partial charge in [0, 0.05) is 37.1 Å². The quantitative estimate of drug-likeness (QED) is 0.843. The van der Waals surface area contributed by atoms with Gasteiger partial charge in [-0.15, -0.1) is 10.2 Å². The van der Waals surface area contributed by atoms with E-state index in [0.29, 0.717) is 23.7 Å². The first kappa shape index (κ1) is 13.0. The number of aryl methyl sites for hydroxylation is 1. The summed E-state index contributed by atoms with van der Waals surface area (Å²) in [4.78, 5) is 0. The molecule has 0 aliphatic carbocycles. The molecule has 1 heterocycles. The maximum Gasteiger partial charge on any atom is 0.133 e. The smallest absolute Gasteiger partial charge is 0.133 e. The van der Waals surface area contributed by atoms with E-state index in [1.165, 1.54) is 6.07 Å². The van der Waals surface area contributed by atoms with Crippen LogP contribution >= 0.6 is 11.6 Å². The van der Waals surface area contributed by atoms with E-state index in [2.05, 4.69) is 15.5 Å². The van der Waals surface area contributed by atoms with E-state index >= 15 is 0 Å². The minimum absolute atomic E-state index is 0.284. The Kier molecular flexibility index (Phi) is 4.28. The van der Waals surface area contributed by atoms with Crippen LogP contribution in [0.1, 0.15) is 11.4 Å². The van der Waals surface area contributed by atoms with Crippen LogP contribution in [0, 0.1) is 5.82 Å². The van der Waals surface area contributed by atoms with Crippen LogP contribution in [0.15, 0.2) is 24.5 Å². The fourth-order valence-corrected chi connectivity index (χ4v) is 1.88. The molecule has 0 aliphatic heterocycles. The molecule has 0 radical (unpaired) electrons. The van der Waals surface area contributed by atoms with E-state index in [1.54, 1.807) is 18.5 Å². The summed E-state index contributed by atoms with van der Waals surface area (Å²) < 4.78 is 15.3. The van der Waals surface area contributed by atoms with Gasteiger partial charge in [-0.25, -0.2) is 4.39 Å². The van der Waals surface area contributed by atoms with Gasteiger partial charge in [0.25, 0.3) is 0 Å². The van der Waals surface area contributed by atoms with Crippen molar-refractivity contribution in [3.63, 3.8) is 0 Å². The minimum atomic E-state index is -0.284. The Balaban J connectivity index is 1.84. The van der Waals surface area contributed by atoms with Gasteiger partial charge in [0.2, 0.25) is 0 Å². The monoisotopic (exact) mass is 268 g/mol. The average molecular weight is 269 g/mol. The molecule has 0 amide bonds. The van der Waals surface area contributed by atoms with Crippen molar-refractivity contribution in [1.82, 2.24) is 20.1 Å². The summed E-state index contributed by atoms with van der Waals surface area (Å²) in [6.07, 6.45) is 2.39. The molecule has 2 rings (SSSR count). The predicted molar refractivity (Wildman–Crippen MR) is 67.8 cm³/mol. The summed E-state index contributed by atoms with van der Waals surface area (Å²) in [7, 11) is 1.89. The molecule has 0 fully saturated rings. The molecule has 1 N–H and O–H groups in total. The van der Waals surface area contributed by atoms with Crippen LogP contribution in [0.4, 0.5) is 4.39 Å². The summed E-state index contributed by atoms with van der Waals surface area (Å²) in [5, 5.41) is 11.3. The van der Waals surface area contributed by atoms with Crippen LogP contribution in [0.3, 0.4) is 0 Å². The number of benzene rings is 1. The summed E-state index contributed by atoms with van der Waals surface area (Å²) in [6, 6.07) is 4.69. The highest BCUT2D eigenvalue weighted by Gasteiger charge is 2.06. The molecule has 6 heteroatoms. The van der Waals surface area contributed by atoms with Crippen LogP contribution in [-0.4, -0.2) is 21.3 Å². The number of hydrogen-bond acceptors (Lipinski definition) is 3. The molecule has 0 saturated carbocycles. The Morgan fingerprint density at radius 3 is 2.94 bits per heavy atom. The average Bonchev–Trinajstić information content (AvgIpc) is 2.73. The first-order valence-electron chi connectivity index (χ1n) is 5.65. The molecule has 0 atom stereocenters. The van der Waals surface area contributed by atoms with Gasteiger partial charge in [-0.1, -0.05) is 17.7 Å². The highest BCUT2D eigenvalue weighted by molar-refractivity contribution is 6.31. The van der Waals surface area contributed by atoms with Crippen LogP contribution in [0.5, 0.6) is 0 Å². The normalized spacial score (nSPS) is 10.8. The van der Waals surface area contributed by atoms with Crippen molar-refractivity contribution < 1.29 is 4.39 Å². The van der Waals surface area contributed by atoms with Crippen molar-refractivity contribution >= 4 is 11.6 Å². The molecular weight excluding hydrogens is 255 g/mol. The van der Waals surface area contributed by atoms with E-state index in [1.807, 2.05) is 11.6 Å². The first-order valence-corrected chi connectivity index (χ1v) is 6.02. The molecule has 1 aromatic carbocycles. The van der Waals surface area contributed by atoms with Gasteiger partial charge in [-0.05, 0) is 12.1 Å². The predicted octanol–water partition coefficient (Wildman–Crippen LogP) is 1.94. The van der Waals surface area contributed by atoms with Gasteiger partial charge in [0.15, 0.2) is 0 Å². The molecule has 1 aromatic heterocycles. The Morgan fingerprint density at radius 2 is 2.28 bits per heavy atom. The summed E-state index contributed by atoms with van der Waals surface area (Å²) in [5.41, 5.74) is 0.497. The number of nitrogens with one attached hydrogen (secondary N) is 1. The Bertz CT molecular complexity index is 506. The third-order valence-electron chi connectivity index (χ3n) is 2.69. The largest absolute Gasteiger partial charge is 0.321 e. The molecule has 0 spiro atoms. The lowest BCUT2D eigenvalue weighted by atomic mass is 10.2. The zero-order valence-corrected chi connectivity index (χ0v) is 10.8. The van der Waals surface area contributed by atoms with E-state index in [4.69, 9.17) is 11.6 Å². The third-order valence-corrected chi connectivity index (χ3v) is 3.05. The fraction of sp³-hybridized carbons (Fsp3) is 0.333. The number of rotatable bonds is 5. The summed E-state index contributed by atoms with van der Waals surface area (Å²) in [6.45, 7) is 1.10. The standard InChI is InChI=1S/C12H14ClFN4/c1-18-8-16-17-12(18)5-6-15-7-9-10(13)3-2-4-11(9)14/h2-4,8,15H,5-7H2,1H3. The maximum atomic E-state index is 13.5. The summed E-state index contributed by atoms with van der Waals surface area (Å²) >= 11 is 5.93. The highest BCUT2D eigenvalue weighted by Crippen LogP contribution is 2.18. The first-order chi connectivity index (χ1) is 8.68. The molecule has 2 aromatic rings. The van der Waals surface area contributed by atoms with Crippen molar-refractivity contribution in [1.29, 1.82) is 0 Å². The van der Waals surface area contributed by atoms with Crippen LogP contribution in [-0.2, 0) is 20.0 Å². The van der Waals surface area contributed by atoms with Crippen molar-refractivity contribution in [2.24, 2.45) is 7.05 Å². The van der Waals surface area contributed by atoms with E-state index in [9.17, 15) is 4.39 Å². The zero-order chi connectivity index (χ0) is 13.0. The van der Waals surface area contributed by atoms with E-state index < -0.39 is 0 Å². The summed E-state index contributed by atoms with van der Waals surface area (Å²) in [5.74, 6) is 0.607. The van der Waals surface area contributed by atoms with Crippen molar-refractivity contribution in [3.05, 3.63) is 46.8 Å². The zero-order valence-electron chi connectivity index (χ0n) is 10.0. The van der Waals surface area contributed by atoms with Crippen LogP contribution in [0.25, 0.3) is 0 Å². The lowest BCUT2D eigenvalue weighted by Gasteiger charge is -2.07. The molecule has 96 valence electrons. The molecule has 0 saturated heterocycles. The minimum Gasteiger partial charge on any atom is -0.321 e. The van der Waals surface area contributed by atoms with Gasteiger partial charge >= 0.3 is 0 Å². The Labute approximate surface area is 110 Å². The second-order valence-electron chi connectivity index (χ2n) is 3.99. The molecule has 0 unspecified atom stereocenters. The maximum absolute atomic E-state index is 13.5. The second kappa shape index (κ2) is 5.93. The third kappa shape index (κ3) is 3.05. The number of aromatic nitrogens is 3. The molecular formula is C12H14ClFN4. The lowest BCUT2D eigenvalue weighted by Crippen LogP contribution is -2.19. The molecule has 18 heavy (non-hydrogen) atoms. The van der Waals surface area contributed by atoms with Gasteiger partial charge in [0.05, 0.1) is 0 Å². The SMILES string of the molecule is Cn1cnnc1CCNCc1c(F)cccc1Cl. The second-order valence-corrected chi connectivity index (χ2v) is 4.39. The van der Waals surface area contributed by atoms with Gasteiger partial charge in [-0.3, -0.25) is 0 Å². The van der Waals surface area contributed by atoms with E-state index in [0.717, 1.165) is 12.2 Å². The number of hydrogen-bond donors (Lipinski definition) is 1. The van der Waals surface area contributed by atoms with E-state index in [-0.39, 0.29) is 5.82 Å².